The molecule has 3 rings (SSSR count). The molecule has 7 heteroatoms. The van der Waals surface area contributed by atoms with Gasteiger partial charge in [0.25, 0.3) is 0 Å². The Bertz CT molecular complexity index is 845. The lowest BCUT2D eigenvalue weighted by atomic mass is 10.1. The minimum absolute atomic E-state index is 0.00755. The van der Waals surface area contributed by atoms with Gasteiger partial charge in [-0.25, -0.2) is 0 Å². The molecule has 0 bridgehead atoms. The Morgan fingerprint density at radius 2 is 2.03 bits per heavy atom. The Hall–Kier alpha value is -2.22. The Morgan fingerprint density at radius 3 is 2.76 bits per heavy atom. The van der Waals surface area contributed by atoms with Crippen LogP contribution in [0.3, 0.4) is 0 Å². The van der Waals surface area contributed by atoms with E-state index < -0.39 is 0 Å². The van der Waals surface area contributed by atoms with Crippen molar-refractivity contribution in [1.29, 1.82) is 0 Å². The van der Waals surface area contributed by atoms with Gasteiger partial charge in [0.15, 0.2) is 0 Å². The van der Waals surface area contributed by atoms with Crippen molar-refractivity contribution in [2.45, 2.75) is 23.6 Å². The Balaban J connectivity index is 1.81. The molecular formula is C22H28N2O4S. The van der Waals surface area contributed by atoms with Crippen LogP contribution in [0.2, 0.25) is 0 Å². The lowest BCUT2D eigenvalue weighted by Gasteiger charge is -2.25. The molecule has 2 aromatic carbocycles. The number of thioether (sulfide) groups is 1. The molecule has 1 aliphatic rings. The summed E-state index contributed by atoms with van der Waals surface area (Å²) in [5, 5.41) is 8.80. The van der Waals surface area contributed by atoms with E-state index in [1.165, 1.54) is 0 Å². The van der Waals surface area contributed by atoms with Crippen LogP contribution in [-0.4, -0.2) is 56.4 Å². The molecule has 0 radical (unpaired) electrons. The third kappa shape index (κ3) is 5.04. The maximum atomic E-state index is 12.5. The van der Waals surface area contributed by atoms with Crippen molar-refractivity contribution in [1.82, 2.24) is 4.90 Å². The highest BCUT2D eigenvalue weighted by Gasteiger charge is 2.35. The number of carbonyl (C=O) groups excluding carboxylic acids is 1. The zero-order chi connectivity index (χ0) is 20.8. The van der Waals surface area contributed by atoms with Crippen LogP contribution in [0.1, 0.15) is 24.3 Å². The van der Waals surface area contributed by atoms with Crippen molar-refractivity contribution < 1.29 is 19.4 Å². The monoisotopic (exact) mass is 416 g/mol. The van der Waals surface area contributed by atoms with Gasteiger partial charge in [0.2, 0.25) is 5.91 Å². The smallest absolute Gasteiger partial charge is 0.225 e. The standard InChI is InChI=1S/C22H28N2O4S/c1-16(26)24-19-7-4-5-8-21(19)29-22(24)18-15-17(27-3)9-10-20(18)28-14-6-11-23(2)12-13-25/h4-5,7-10,15,22,25H,6,11-14H2,1-3H3. The number of ether oxygens (including phenoxy) is 2. The number of amides is 1. The summed E-state index contributed by atoms with van der Waals surface area (Å²) in [5.41, 5.74) is 1.85. The quantitative estimate of drug-likeness (QED) is 0.631. The third-order valence-electron chi connectivity index (χ3n) is 4.84. The number of aliphatic hydroxyl groups is 1. The number of methoxy groups -OCH3 is 1. The predicted molar refractivity (Wildman–Crippen MR) is 116 cm³/mol. The normalized spacial score (nSPS) is 15.5. The van der Waals surface area contributed by atoms with E-state index in [1.54, 1.807) is 25.8 Å². The summed E-state index contributed by atoms with van der Waals surface area (Å²) in [4.78, 5) is 17.4. The van der Waals surface area contributed by atoms with Gasteiger partial charge in [0.1, 0.15) is 16.9 Å². The number of para-hydroxylation sites is 1. The van der Waals surface area contributed by atoms with Crippen LogP contribution in [0.15, 0.2) is 47.4 Å². The molecule has 1 amide bonds. The van der Waals surface area contributed by atoms with Crippen molar-refractivity contribution in [2.24, 2.45) is 0 Å². The summed E-state index contributed by atoms with van der Waals surface area (Å²) in [6.45, 7) is 3.79. The first-order valence-electron chi connectivity index (χ1n) is 9.70. The highest BCUT2D eigenvalue weighted by molar-refractivity contribution is 8.00. The number of rotatable bonds is 9. The van der Waals surface area contributed by atoms with Crippen LogP contribution >= 0.6 is 11.8 Å². The van der Waals surface area contributed by atoms with Gasteiger partial charge in [-0.1, -0.05) is 23.9 Å². The molecule has 1 aliphatic heterocycles. The fourth-order valence-corrected chi connectivity index (χ4v) is 4.73. The van der Waals surface area contributed by atoms with E-state index in [0.29, 0.717) is 13.2 Å². The summed E-state index contributed by atoms with van der Waals surface area (Å²) < 4.78 is 11.5. The average Bonchev–Trinajstić information content (AvgIpc) is 3.11. The van der Waals surface area contributed by atoms with Crippen molar-refractivity contribution in [2.75, 3.05) is 45.4 Å². The molecule has 0 aromatic heterocycles. The van der Waals surface area contributed by atoms with Gasteiger partial charge in [-0.15, -0.1) is 0 Å². The second kappa shape index (κ2) is 10.0. The van der Waals surface area contributed by atoms with E-state index in [9.17, 15) is 4.79 Å². The second-order valence-electron chi connectivity index (χ2n) is 6.96. The first kappa shape index (κ1) is 21.5. The molecule has 0 aliphatic carbocycles. The van der Waals surface area contributed by atoms with Crippen molar-refractivity contribution >= 4 is 23.4 Å². The minimum Gasteiger partial charge on any atom is -0.497 e. The van der Waals surface area contributed by atoms with Crippen LogP contribution in [0, 0.1) is 0 Å². The molecule has 0 spiro atoms. The van der Waals surface area contributed by atoms with Crippen LogP contribution < -0.4 is 14.4 Å². The number of nitrogens with zero attached hydrogens (tertiary/aromatic N) is 2. The highest BCUT2D eigenvalue weighted by atomic mass is 32.2. The predicted octanol–water partition coefficient (Wildman–Crippen LogP) is 3.55. The molecule has 1 atom stereocenters. The number of hydrogen-bond acceptors (Lipinski definition) is 6. The average molecular weight is 417 g/mol. The number of hydrogen-bond donors (Lipinski definition) is 1. The molecule has 29 heavy (non-hydrogen) atoms. The van der Waals surface area contributed by atoms with Crippen molar-refractivity contribution in [3.63, 3.8) is 0 Å². The number of likely N-dealkylation sites (N-methyl/N-ethyl adjacent to an activating group) is 1. The van der Waals surface area contributed by atoms with Gasteiger partial charge >= 0.3 is 0 Å². The molecule has 0 fully saturated rings. The minimum atomic E-state index is -0.202. The van der Waals surface area contributed by atoms with E-state index in [4.69, 9.17) is 14.6 Å². The number of aliphatic hydroxyl groups excluding tert-OH is 1. The summed E-state index contributed by atoms with van der Waals surface area (Å²) in [6.07, 6.45) is 0.844. The lowest BCUT2D eigenvalue weighted by molar-refractivity contribution is -0.116. The Labute approximate surface area is 176 Å². The molecule has 2 aromatic rings. The van der Waals surface area contributed by atoms with Gasteiger partial charge in [-0.05, 0) is 43.8 Å². The van der Waals surface area contributed by atoms with E-state index in [1.807, 2.05) is 54.4 Å². The lowest BCUT2D eigenvalue weighted by Crippen LogP contribution is -2.28. The van der Waals surface area contributed by atoms with Crippen LogP contribution in [0.4, 0.5) is 5.69 Å². The topological polar surface area (TPSA) is 62.2 Å². The van der Waals surface area contributed by atoms with Gasteiger partial charge in [0.05, 0.1) is 26.0 Å². The molecule has 1 heterocycles. The van der Waals surface area contributed by atoms with Crippen LogP contribution in [-0.2, 0) is 4.79 Å². The van der Waals surface area contributed by atoms with E-state index in [2.05, 4.69) is 4.90 Å². The molecule has 1 unspecified atom stereocenters. The maximum Gasteiger partial charge on any atom is 0.225 e. The molecule has 6 nitrogen and oxygen atoms in total. The fourth-order valence-electron chi connectivity index (χ4n) is 3.37. The molecular weight excluding hydrogens is 388 g/mol. The molecule has 0 saturated heterocycles. The summed E-state index contributed by atoms with van der Waals surface area (Å²) >= 11 is 1.64. The summed E-state index contributed by atoms with van der Waals surface area (Å²) in [5.74, 6) is 1.48. The second-order valence-corrected chi connectivity index (χ2v) is 8.08. The Kier molecular flexibility index (Phi) is 7.41. The first-order chi connectivity index (χ1) is 14.0. The molecule has 1 N–H and O–H groups in total. The summed E-state index contributed by atoms with van der Waals surface area (Å²) in [6, 6.07) is 13.7. The zero-order valence-corrected chi connectivity index (χ0v) is 17.9. The Morgan fingerprint density at radius 1 is 1.24 bits per heavy atom. The van der Waals surface area contributed by atoms with E-state index >= 15 is 0 Å². The van der Waals surface area contributed by atoms with Gasteiger partial charge in [-0.3, -0.25) is 9.69 Å². The summed E-state index contributed by atoms with van der Waals surface area (Å²) in [7, 11) is 3.61. The van der Waals surface area contributed by atoms with Crippen LogP contribution in [0.25, 0.3) is 0 Å². The number of carbonyl (C=O) groups is 1. The largest absolute Gasteiger partial charge is 0.497 e. The zero-order valence-electron chi connectivity index (χ0n) is 17.1. The van der Waals surface area contributed by atoms with Gasteiger partial charge < -0.3 is 19.5 Å². The van der Waals surface area contributed by atoms with E-state index in [-0.39, 0.29) is 17.9 Å². The van der Waals surface area contributed by atoms with Crippen molar-refractivity contribution in [3.05, 3.63) is 48.0 Å². The number of fused-ring (bicyclic) bond motifs is 1. The molecule has 156 valence electrons. The van der Waals surface area contributed by atoms with Crippen molar-refractivity contribution in [3.8, 4) is 11.5 Å². The number of benzene rings is 2. The molecule has 0 saturated carbocycles. The van der Waals surface area contributed by atoms with Gasteiger partial charge in [0, 0.05) is 30.5 Å². The van der Waals surface area contributed by atoms with E-state index in [0.717, 1.165) is 40.6 Å². The SMILES string of the molecule is COc1ccc(OCCCN(C)CCO)c(C2Sc3ccccc3N2C(C)=O)c1. The fraction of sp³-hybridized carbons (Fsp3) is 0.409. The van der Waals surface area contributed by atoms with Gasteiger partial charge in [-0.2, -0.15) is 0 Å². The number of anilines is 1. The highest BCUT2D eigenvalue weighted by Crippen LogP contribution is 2.53. The van der Waals surface area contributed by atoms with Crippen LogP contribution in [0.5, 0.6) is 11.5 Å². The maximum absolute atomic E-state index is 12.5. The first-order valence-corrected chi connectivity index (χ1v) is 10.6. The third-order valence-corrected chi connectivity index (χ3v) is 6.13.